The van der Waals surface area contributed by atoms with Gasteiger partial charge in [0.25, 0.3) is 0 Å². The third-order valence-corrected chi connectivity index (χ3v) is 5.28. The monoisotopic (exact) mass is 308 g/mol. The Morgan fingerprint density at radius 3 is 2.38 bits per heavy atom. The highest BCUT2D eigenvalue weighted by molar-refractivity contribution is 5.89. The molecule has 1 heterocycles. The van der Waals surface area contributed by atoms with Crippen LogP contribution in [0.15, 0.2) is 30.3 Å². The van der Waals surface area contributed by atoms with Crippen molar-refractivity contribution in [3.8, 4) is 0 Å². The fourth-order valence-electron chi connectivity index (χ4n) is 3.58. The molecule has 21 heavy (non-hydrogen) atoms. The minimum atomic E-state index is -0.249. The van der Waals surface area contributed by atoms with Gasteiger partial charge in [-0.25, -0.2) is 0 Å². The molecule has 1 atom stereocenters. The molecule has 0 spiro atoms. The number of hydrogen-bond donors (Lipinski definition) is 1. The Morgan fingerprint density at radius 2 is 1.90 bits per heavy atom. The van der Waals surface area contributed by atoms with Crippen molar-refractivity contribution >= 4 is 18.3 Å². The number of amides is 1. The van der Waals surface area contributed by atoms with Crippen molar-refractivity contribution in [2.75, 3.05) is 19.6 Å². The van der Waals surface area contributed by atoms with E-state index in [1.807, 2.05) is 18.2 Å². The highest BCUT2D eigenvalue weighted by Gasteiger charge is 2.49. The van der Waals surface area contributed by atoms with Crippen LogP contribution < -0.4 is 5.73 Å². The molecule has 0 radical (unpaired) electrons. The SMILES string of the molecule is CC1(CN)CCN(C(=O)C2(c3ccccc3)CCC2)C1.Cl. The number of likely N-dealkylation sites (tertiary alicyclic amines) is 1. The lowest BCUT2D eigenvalue weighted by Crippen LogP contribution is -2.51. The van der Waals surface area contributed by atoms with E-state index in [-0.39, 0.29) is 23.2 Å². The van der Waals surface area contributed by atoms with E-state index < -0.39 is 0 Å². The minimum absolute atomic E-state index is 0. The van der Waals surface area contributed by atoms with Crippen LogP contribution in [0.2, 0.25) is 0 Å². The van der Waals surface area contributed by atoms with Crippen molar-refractivity contribution in [1.82, 2.24) is 4.90 Å². The van der Waals surface area contributed by atoms with E-state index in [4.69, 9.17) is 5.73 Å². The van der Waals surface area contributed by atoms with E-state index in [1.165, 1.54) is 5.56 Å². The molecule has 3 nitrogen and oxygen atoms in total. The normalized spacial score (nSPS) is 26.9. The van der Waals surface area contributed by atoms with E-state index in [9.17, 15) is 4.79 Å². The summed E-state index contributed by atoms with van der Waals surface area (Å²) in [6, 6.07) is 10.3. The number of rotatable bonds is 3. The van der Waals surface area contributed by atoms with Crippen molar-refractivity contribution in [3.63, 3.8) is 0 Å². The van der Waals surface area contributed by atoms with E-state index in [0.29, 0.717) is 12.5 Å². The molecule has 1 aromatic carbocycles. The molecule has 0 aromatic heterocycles. The molecule has 1 aromatic rings. The maximum atomic E-state index is 13.0. The Kier molecular flexibility index (Phi) is 4.64. The van der Waals surface area contributed by atoms with E-state index >= 15 is 0 Å². The van der Waals surface area contributed by atoms with Gasteiger partial charge in [-0.05, 0) is 36.8 Å². The maximum absolute atomic E-state index is 13.0. The summed E-state index contributed by atoms with van der Waals surface area (Å²) in [5.74, 6) is 0.326. The molecule has 1 unspecified atom stereocenters. The zero-order chi connectivity index (χ0) is 14.2. The van der Waals surface area contributed by atoms with Crippen molar-refractivity contribution < 1.29 is 4.79 Å². The van der Waals surface area contributed by atoms with Gasteiger partial charge in [0.05, 0.1) is 5.41 Å². The Morgan fingerprint density at radius 1 is 1.24 bits per heavy atom. The van der Waals surface area contributed by atoms with Crippen LogP contribution in [-0.2, 0) is 10.2 Å². The molecule has 0 bridgehead atoms. The second-order valence-corrected chi connectivity index (χ2v) is 6.79. The summed E-state index contributed by atoms with van der Waals surface area (Å²) in [4.78, 5) is 15.1. The van der Waals surface area contributed by atoms with E-state index in [0.717, 1.165) is 38.8 Å². The van der Waals surface area contributed by atoms with E-state index in [2.05, 4.69) is 24.0 Å². The van der Waals surface area contributed by atoms with Gasteiger partial charge < -0.3 is 10.6 Å². The van der Waals surface area contributed by atoms with Crippen molar-refractivity contribution in [2.45, 2.75) is 38.0 Å². The van der Waals surface area contributed by atoms with Crippen LogP contribution in [0.25, 0.3) is 0 Å². The Labute approximate surface area is 133 Å². The van der Waals surface area contributed by atoms with Crippen LogP contribution in [0.3, 0.4) is 0 Å². The average Bonchev–Trinajstić information content (AvgIpc) is 2.82. The molecule has 1 amide bonds. The van der Waals surface area contributed by atoms with Gasteiger partial charge in [-0.15, -0.1) is 12.4 Å². The number of carbonyl (C=O) groups excluding carboxylic acids is 1. The van der Waals surface area contributed by atoms with Gasteiger partial charge in [0, 0.05) is 13.1 Å². The largest absolute Gasteiger partial charge is 0.341 e. The standard InChI is InChI=1S/C17H24N2O.ClH/c1-16(12-18)10-11-19(13-16)15(20)17(8-5-9-17)14-6-3-2-4-7-14;/h2-4,6-7H,5,8-13,18H2,1H3;1H. The van der Waals surface area contributed by atoms with Gasteiger partial charge in [0.15, 0.2) is 0 Å². The maximum Gasteiger partial charge on any atom is 0.233 e. The number of halogens is 1. The lowest BCUT2D eigenvalue weighted by molar-refractivity contribution is -0.140. The first-order valence-electron chi connectivity index (χ1n) is 7.65. The topological polar surface area (TPSA) is 46.3 Å². The smallest absolute Gasteiger partial charge is 0.233 e. The molecule has 1 saturated heterocycles. The zero-order valence-electron chi connectivity index (χ0n) is 12.7. The van der Waals surface area contributed by atoms with Crippen LogP contribution in [0, 0.1) is 5.41 Å². The van der Waals surface area contributed by atoms with Gasteiger partial charge >= 0.3 is 0 Å². The number of benzene rings is 1. The Hall–Kier alpha value is -1.06. The summed E-state index contributed by atoms with van der Waals surface area (Å²) in [6.45, 7) is 4.53. The summed E-state index contributed by atoms with van der Waals surface area (Å²) in [7, 11) is 0. The lowest BCUT2D eigenvalue weighted by Gasteiger charge is -2.43. The molecule has 116 valence electrons. The number of hydrogen-bond acceptors (Lipinski definition) is 2. The van der Waals surface area contributed by atoms with Crippen LogP contribution in [0.1, 0.15) is 38.2 Å². The van der Waals surface area contributed by atoms with Gasteiger partial charge in [-0.1, -0.05) is 43.7 Å². The van der Waals surface area contributed by atoms with Gasteiger partial charge in [-0.2, -0.15) is 0 Å². The van der Waals surface area contributed by atoms with Crippen molar-refractivity contribution in [3.05, 3.63) is 35.9 Å². The second kappa shape index (κ2) is 5.98. The quantitative estimate of drug-likeness (QED) is 0.933. The fraction of sp³-hybridized carbons (Fsp3) is 0.588. The number of carbonyl (C=O) groups is 1. The predicted molar refractivity (Wildman–Crippen MR) is 87.6 cm³/mol. The third-order valence-electron chi connectivity index (χ3n) is 5.28. The van der Waals surface area contributed by atoms with Gasteiger partial charge in [0.1, 0.15) is 0 Å². The molecule has 2 fully saturated rings. The number of nitrogens with zero attached hydrogens (tertiary/aromatic N) is 1. The molecule has 2 N–H and O–H groups in total. The number of nitrogens with two attached hydrogens (primary N) is 1. The van der Waals surface area contributed by atoms with Crippen LogP contribution >= 0.6 is 12.4 Å². The molecule has 3 rings (SSSR count). The summed E-state index contributed by atoms with van der Waals surface area (Å²) < 4.78 is 0. The van der Waals surface area contributed by atoms with Crippen LogP contribution in [0.4, 0.5) is 0 Å². The highest BCUT2D eigenvalue weighted by Crippen LogP contribution is 2.46. The molecular formula is C17H25ClN2O. The lowest BCUT2D eigenvalue weighted by atomic mass is 9.63. The molecule has 4 heteroatoms. The first-order chi connectivity index (χ1) is 9.60. The summed E-state index contributed by atoms with van der Waals surface area (Å²) in [6.07, 6.45) is 4.17. The van der Waals surface area contributed by atoms with E-state index in [1.54, 1.807) is 0 Å². The van der Waals surface area contributed by atoms with Crippen LogP contribution in [-0.4, -0.2) is 30.4 Å². The van der Waals surface area contributed by atoms with Gasteiger partial charge in [-0.3, -0.25) is 4.79 Å². The Balaban J connectivity index is 0.00000161. The molecule has 1 saturated carbocycles. The predicted octanol–water partition coefficient (Wildman–Crippen LogP) is 2.73. The Bertz CT molecular complexity index is 501. The fourth-order valence-corrected chi connectivity index (χ4v) is 3.58. The molecule has 2 aliphatic rings. The van der Waals surface area contributed by atoms with Crippen molar-refractivity contribution in [1.29, 1.82) is 0 Å². The van der Waals surface area contributed by atoms with Gasteiger partial charge in [0.2, 0.25) is 5.91 Å². The third kappa shape index (κ3) is 2.69. The molecule has 1 aliphatic carbocycles. The first-order valence-corrected chi connectivity index (χ1v) is 7.65. The van der Waals surface area contributed by atoms with Crippen LogP contribution in [0.5, 0.6) is 0 Å². The summed E-state index contributed by atoms with van der Waals surface area (Å²) in [5.41, 5.74) is 6.91. The summed E-state index contributed by atoms with van der Waals surface area (Å²) in [5, 5.41) is 0. The minimum Gasteiger partial charge on any atom is -0.341 e. The highest BCUT2D eigenvalue weighted by atomic mass is 35.5. The van der Waals surface area contributed by atoms with Crippen molar-refractivity contribution in [2.24, 2.45) is 11.1 Å². The molecule has 1 aliphatic heterocycles. The first kappa shape index (κ1) is 16.3. The summed E-state index contributed by atoms with van der Waals surface area (Å²) >= 11 is 0. The second-order valence-electron chi connectivity index (χ2n) is 6.79. The average molecular weight is 309 g/mol. The molecular weight excluding hydrogens is 284 g/mol. The zero-order valence-corrected chi connectivity index (χ0v) is 13.5.